The molecule has 0 saturated carbocycles. The van der Waals surface area contributed by atoms with Crippen molar-refractivity contribution in [3.63, 3.8) is 0 Å². The largest absolute Gasteiger partial charge is 0.443 e. The third-order valence-corrected chi connectivity index (χ3v) is 4.11. The number of hydrogen-bond donors (Lipinski definition) is 1. The molecule has 1 fully saturated rings. The number of carbonyl (C=O) groups is 1. The normalized spacial score (nSPS) is 18.2. The monoisotopic (exact) mass is 333 g/mol. The average molecular weight is 333 g/mol. The van der Waals surface area contributed by atoms with E-state index in [1.54, 1.807) is 11.1 Å². The zero-order chi connectivity index (χ0) is 17.6. The van der Waals surface area contributed by atoms with Gasteiger partial charge in [0.2, 0.25) is 0 Å². The van der Waals surface area contributed by atoms with Crippen molar-refractivity contribution < 1.29 is 9.53 Å². The van der Waals surface area contributed by atoms with Crippen molar-refractivity contribution in [2.75, 3.05) is 18.0 Å². The molecule has 0 aromatic carbocycles. The summed E-state index contributed by atoms with van der Waals surface area (Å²) in [5, 5.41) is 3.56. The second kappa shape index (κ2) is 8.47. The van der Waals surface area contributed by atoms with Gasteiger partial charge in [-0.1, -0.05) is 25.8 Å². The standard InChI is InChI=1S/C19H31N3O2/c1-5-6-14-22(18(23)24-19(2,3)4)17-15(10-9-13-21-17)16-11-7-8-12-20-16/h9-10,13,16,20H,5-8,11-12,14H2,1-4H3/t16-/m1/s1. The number of ether oxygens (including phenoxy) is 1. The molecular formula is C19H31N3O2. The molecular weight excluding hydrogens is 302 g/mol. The Balaban J connectivity index is 2.29. The van der Waals surface area contributed by atoms with E-state index in [1.807, 2.05) is 26.8 Å². The number of pyridine rings is 1. The molecule has 1 amide bonds. The zero-order valence-corrected chi connectivity index (χ0v) is 15.5. The number of amides is 1. The minimum absolute atomic E-state index is 0.258. The van der Waals surface area contributed by atoms with Gasteiger partial charge in [0.05, 0.1) is 0 Å². The zero-order valence-electron chi connectivity index (χ0n) is 15.5. The van der Waals surface area contributed by atoms with Crippen LogP contribution in [0.1, 0.15) is 71.4 Å². The summed E-state index contributed by atoms with van der Waals surface area (Å²) < 4.78 is 5.62. The molecule has 1 aromatic rings. The summed E-state index contributed by atoms with van der Waals surface area (Å²) in [7, 11) is 0. The van der Waals surface area contributed by atoms with Gasteiger partial charge in [-0.2, -0.15) is 0 Å². The molecule has 1 aliphatic rings. The van der Waals surface area contributed by atoms with Gasteiger partial charge in [0, 0.05) is 24.3 Å². The molecule has 0 unspecified atom stereocenters. The fraction of sp³-hybridized carbons (Fsp3) is 0.684. The topological polar surface area (TPSA) is 54.5 Å². The van der Waals surface area contributed by atoms with E-state index in [2.05, 4.69) is 23.3 Å². The lowest BCUT2D eigenvalue weighted by molar-refractivity contribution is 0.0578. The summed E-state index contributed by atoms with van der Waals surface area (Å²) in [6, 6.07) is 4.28. The van der Waals surface area contributed by atoms with Crippen LogP contribution < -0.4 is 10.2 Å². The molecule has 1 aliphatic heterocycles. The van der Waals surface area contributed by atoms with Crippen LogP contribution in [0.2, 0.25) is 0 Å². The van der Waals surface area contributed by atoms with Gasteiger partial charge in [0.25, 0.3) is 0 Å². The molecule has 2 rings (SSSR count). The van der Waals surface area contributed by atoms with E-state index in [1.165, 1.54) is 12.8 Å². The fourth-order valence-corrected chi connectivity index (χ4v) is 2.94. The number of unbranched alkanes of at least 4 members (excludes halogenated alkanes) is 1. The van der Waals surface area contributed by atoms with Crippen LogP contribution in [0.5, 0.6) is 0 Å². The second-order valence-electron chi connectivity index (χ2n) is 7.40. The van der Waals surface area contributed by atoms with Gasteiger partial charge in [-0.05, 0) is 52.6 Å². The van der Waals surface area contributed by atoms with Gasteiger partial charge < -0.3 is 10.1 Å². The van der Waals surface area contributed by atoms with Crippen molar-refractivity contribution in [2.45, 2.75) is 71.4 Å². The summed E-state index contributed by atoms with van der Waals surface area (Å²) >= 11 is 0. The number of piperidine rings is 1. The summed E-state index contributed by atoms with van der Waals surface area (Å²) in [6.07, 6.45) is 6.87. The first-order chi connectivity index (χ1) is 11.4. The van der Waals surface area contributed by atoms with Gasteiger partial charge in [0.15, 0.2) is 0 Å². The number of nitrogens with zero attached hydrogens (tertiary/aromatic N) is 2. The lowest BCUT2D eigenvalue weighted by atomic mass is 9.97. The number of anilines is 1. The van der Waals surface area contributed by atoms with Gasteiger partial charge in [-0.3, -0.25) is 4.90 Å². The Labute approximate surface area is 145 Å². The molecule has 1 atom stereocenters. The highest BCUT2D eigenvalue weighted by atomic mass is 16.6. The molecule has 0 aliphatic carbocycles. The fourth-order valence-electron chi connectivity index (χ4n) is 2.94. The third kappa shape index (κ3) is 5.20. The molecule has 5 heteroatoms. The van der Waals surface area contributed by atoms with Crippen LogP contribution in [0.4, 0.5) is 10.6 Å². The van der Waals surface area contributed by atoms with Crippen LogP contribution in [-0.2, 0) is 4.74 Å². The summed E-state index contributed by atoms with van der Waals surface area (Å²) in [6.45, 7) is 9.44. The highest BCUT2D eigenvalue weighted by Crippen LogP contribution is 2.30. The number of hydrogen-bond acceptors (Lipinski definition) is 4. The first kappa shape index (κ1) is 18.7. The van der Waals surface area contributed by atoms with E-state index in [0.29, 0.717) is 6.54 Å². The first-order valence-electron chi connectivity index (χ1n) is 9.11. The second-order valence-corrected chi connectivity index (χ2v) is 7.40. The molecule has 5 nitrogen and oxygen atoms in total. The Morgan fingerprint density at radius 3 is 2.83 bits per heavy atom. The average Bonchev–Trinajstić information content (AvgIpc) is 2.55. The van der Waals surface area contributed by atoms with E-state index in [4.69, 9.17) is 4.74 Å². The van der Waals surface area contributed by atoms with Crippen molar-refractivity contribution >= 4 is 11.9 Å². The number of nitrogens with one attached hydrogen (secondary N) is 1. The van der Waals surface area contributed by atoms with Gasteiger partial charge in [0.1, 0.15) is 11.4 Å². The maximum Gasteiger partial charge on any atom is 0.416 e. The van der Waals surface area contributed by atoms with Crippen LogP contribution in [-0.4, -0.2) is 29.8 Å². The Morgan fingerprint density at radius 2 is 2.21 bits per heavy atom. The predicted molar refractivity (Wildman–Crippen MR) is 97.3 cm³/mol. The van der Waals surface area contributed by atoms with E-state index in [0.717, 1.165) is 37.2 Å². The van der Waals surface area contributed by atoms with Gasteiger partial charge >= 0.3 is 6.09 Å². The van der Waals surface area contributed by atoms with E-state index in [9.17, 15) is 4.79 Å². The molecule has 1 N–H and O–H groups in total. The van der Waals surface area contributed by atoms with Crippen LogP contribution >= 0.6 is 0 Å². The SMILES string of the molecule is CCCCN(C(=O)OC(C)(C)C)c1ncccc1[C@H]1CCCCN1. The molecule has 1 saturated heterocycles. The lowest BCUT2D eigenvalue weighted by Crippen LogP contribution is -2.39. The Hall–Kier alpha value is -1.62. The van der Waals surface area contributed by atoms with Gasteiger partial charge in [-0.25, -0.2) is 9.78 Å². The predicted octanol–water partition coefficient (Wildman–Crippen LogP) is 4.44. The minimum atomic E-state index is -0.514. The lowest BCUT2D eigenvalue weighted by Gasteiger charge is -2.31. The molecule has 134 valence electrons. The maximum atomic E-state index is 12.7. The quantitative estimate of drug-likeness (QED) is 0.865. The Morgan fingerprint density at radius 1 is 1.42 bits per heavy atom. The van der Waals surface area contributed by atoms with Crippen molar-refractivity contribution in [1.82, 2.24) is 10.3 Å². The van der Waals surface area contributed by atoms with Gasteiger partial charge in [-0.15, -0.1) is 0 Å². The summed E-state index contributed by atoms with van der Waals surface area (Å²) in [4.78, 5) is 19.0. The summed E-state index contributed by atoms with van der Waals surface area (Å²) in [5.74, 6) is 0.736. The Kier molecular flexibility index (Phi) is 6.60. The highest BCUT2D eigenvalue weighted by molar-refractivity contribution is 5.87. The smallest absolute Gasteiger partial charge is 0.416 e. The molecule has 1 aromatic heterocycles. The van der Waals surface area contributed by atoms with Crippen molar-refractivity contribution in [2.24, 2.45) is 0 Å². The van der Waals surface area contributed by atoms with Crippen LogP contribution in [0.25, 0.3) is 0 Å². The van der Waals surface area contributed by atoms with E-state index in [-0.39, 0.29) is 12.1 Å². The van der Waals surface area contributed by atoms with E-state index >= 15 is 0 Å². The summed E-state index contributed by atoms with van der Waals surface area (Å²) in [5.41, 5.74) is 0.582. The van der Waals surface area contributed by atoms with Crippen molar-refractivity contribution in [1.29, 1.82) is 0 Å². The minimum Gasteiger partial charge on any atom is -0.443 e. The molecule has 2 heterocycles. The molecule has 24 heavy (non-hydrogen) atoms. The van der Waals surface area contributed by atoms with Crippen molar-refractivity contribution in [3.8, 4) is 0 Å². The van der Waals surface area contributed by atoms with Crippen LogP contribution in [0.3, 0.4) is 0 Å². The molecule has 0 spiro atoms. The van der Waals surface area contributed by atoms with E-state index < -0.39 is 5.60 Å². The van der Waals surface area contributed by atoms with Crippen LogP contribution in [0.15, 0.2) is 18.3 Å². The number of carbonyl (C=O) groups excluding carboxylic acids is 1. The van der Waals surface area contributed by atoms with Crippen molar-refractivity contribution in [3.05, 3.63) is 23.9 Å². The Bertz CT molecular complexity index is 534. The number of aromatic nitrogens is 1. The highest BCUT2D eigenvalue weighted by Gasteiger charge is 2.28. The first-order valence-corrected chi connectivity index (χ1v) is 9.11. The molecule has 0 bridgehead atoms. The maximum absolute atomic E-state index is 12.7. The third-order valence-electron chi connectivity index (χ3n) is 4.11. The van der Waals surface area contributed by atoms with Crippen LogP contribution in [0, 0.1) is 0 Å². The molecule has 0 radical (unpaired) electrons. The number of rotatable bonds is 5.